The molecule has 5 nitrogen and oxygen atoms in total. The van der Waals surface area contributed by atoms with Crippen molar-refractivity contribution in [3.8, 4) is 11.1 Å². The fraction of sp³-hybridized carbons (Fsp3) is 0. The van der Waals surface area contributed by atoms with Crippen molar-refractivity contribution in [1.29, 1.82) is 0 Å². The number of hydrogen-bond acceptors (Lipinski definition) is 3. The molecule has 0 aliphatic carbocycles. The Bertz CT molecular complexity index is 726. The molecule has 0 atom stereocenters. The maximum Gasteiger partial charge on any atom is 0.255 e. The average molecular weight is 264 g/mol. The van der Waals surface area contributed by atoms with Crippen molar-refractivity contribution in [2.24, 2.45) is 0 Å². The number of carbonyl (C=O) groups excluding carboxylic acids is 1. The summed E-state index contributed by atoms with van der Waals surface area (Å²) in [5, 5.41) is 0. The molecule has 3 aromatic rings. The highest BCUT2D eigenvalue weighted by Crippen LogP contribution is 2.19. The molecule has 0 aromatic carbocycles. The molecule has 0 saturated carbocycles. The van der Waals surface area contributed by atoms with Gasteiger partial charge in [0.2, 0.25) is 0 Å². The van der Waals surface area contributed by atoms with Crippen molar-refractivity contribution < 1.29 is 4.79 Å². The van der Waals surface area contributed by atoms with E-state index in [9.17, 15) is 4.79 Å². The van der Waals surface area contributed by atoms with E-state index in [0.717, 1.165) is 16.8 Å². The molecular formula is C15H12N4O. The first kappa shape index (κ1) is 12.1. The van der Waals surface area contributed by atoms with Crippen LogP contribution in [-0.2, 0) is 0 Å². The third-order valence-corrected chi connectivity index (χ3v) is 2.88. The van der Waals surface area contributed by atoms with Crippen LogP contribution >= 0.6 is 0 Å². The van der Waals surface area contributed by atoms with Gasteiger partial charge < -0.3 is 4.98 Å². The van der Waals surface area contributed by atoms with Crippen molar-refractivity contribution in [2.45, 2.75) is 0 Å². The van der Waals surface area contributed by atoms with Gasteiger partial charge in [-0.1, -0.05) is 0 Å². The number of imidazole rings is 1. The van der Waals surface area contributed by atoms with E-state index in [1.54, 1.807) is 30.9 Å². The number of carbonyl (C=O) groups is 1. The summed E-state index contributed by atoms with van der Waals surface area (Å²) in [5.41, 5.74) is 3.00. The maximum absolute atomic E-state index is 11.8. The highest BCUT2D eigenvalue weighted by molar-refractivity contribution is 5.93. The summed E-state index contributed by atoms with van der Waals surface area (Å²) in [6.45, 7) is 0. The molecule has 1 N–H and O–H groups in total. The third-order valence-electron chi connectivity index (χ3n) is 2.88. The number of aromatic amines is 1. The van der Waals surface area contributed by atoms with Crippen LogP contribution in [0.25, 0.3) is 17.2 Å². The van der Waals surface area contributed by atoms with Gasteiger partial charge in [-0.05, 0) is 35.4 Å². The van der Waals surface area contributed by atoms with Gasteiger partial charge >= 0.3 is 0 Å². The van der Waals surface area contributed by atoms with Gasteiger partial charge in [-0.3, -0.25) is 14.3 Å². The normalized spacial score (nSPS) is 11.0. The van der Waals surface area contributed by atoms with Crippen molar-refractivity contribution in [2.75, 3.05) is 0 Å². The lowest BCUT2D eigenvalue weighted by Crippen LogP contribution is -2.03. The Morgan fingerprint density at radius 1 is 1.15 bits per heavy atom. The van der Waals surface area contributed by atoms with E-state index in [2.05, 4.69) is 15.0 Å². The number of rotatable bonds is 3. The van der Waals surface area contributed by atoms with Crippen molar-refractivity contribution in [3.05, 3.63) is 67.3 Å². The Labute approximate surface area is 115 Å². The fourth-order valence-corrected chi connectivity index (χ4v) is 1.86. The van der Waals surface area contributed by atoms with Crippen LogP contribution in [0, 0.1) is 0 Å². The fourth-order valence-electron chi connectivity index (χ4n) is 1.86. The van der Waals surface area contributed by atoms with Gasteiger partial charge in [0.05, 0.1) is 0 Å². The van der Waals surface area contributed by atoms with Crippen molar-refractivity contribution in [1.82, 2.24) is 19.5 Å². The maximum atomic E-state index is 11.8. The first-order valence-corrected chi connectivity index (χ1v) is 6.12. The lowest BCUT2D eigenvalue weighted by Gasteiger charge is -1.94. The molecule has 0 saturated heterocycles. The van der Waals surface area contributed by atoms with Crippen LogP contribution in [0.1, 0.15) is 10.5 Å². The van der Waals surface area contributed by atoms with Gasteiger partial charge in [0.15, 0.2) is 0 Å². The number of allylic oxidation sites excluding steroid dienone is 1. The van der Waals surface area contributed by atoms with E-state index in [0.29, 0.717) is 0 Å². The summed E-state index contributed by atoms with van der Waals surface area (Å²) < 4.78 is 1.42. The lowest BCUT2D eigenvalue weighted by atomic mass is 10.1. The second-order valence-corrected chi connectivity index (χ2v) is 4.22. The Morgan fingerprint density at radius 3 is 2.75 bits per heavy atom. The van der Waals surface area contributed by atoms with Crippen LogP contribution in [-0.4, -0.2) is 25.4 Å². The van der Waals surface area contributed by atoms with Crippen LogP contribution in [0.15, 0.2) is 61.6 Å². The van der Waals surface area contributed by atoms with E-state index in [1.165, 1.54) is 17.0 Å². The van der Waals surface area contributed by atoms with Gasteiger partial charge in [-0.2, -0.15) is 0 Å². The van der Waals surface area contributed by atoms with E-state index >= 15 is 0 Å². The van der Waals surface area contributed by atoms with E-state index in [4.69, 9.17) is 0 Å². The van der Waals surface area contributed by atoms with Crippen LogP contribution < -0.4 is 0 Å². The van der Waals surface area contributed by atoms with Gasteiger partial charge in [0.1, 0.15) is 6.33 Å². The van der Waals surface area contributed by atoms with Crippen molar-refractivity contribution in [3.63, 3.8) is 0 Å². The largest absolute Gasteiger partial charge is 0.361 e. The highest BCUT2D eigenvalue weighted by atomic mass is 16.1. The summed E-state index contributed by atoms with van der Waals surface area (Å²) >= 11 is 0. The van der Waals surface area contributed by atoms with Crippen LogP contribution in [0.3, 0.4) is 0 Å². The Morgan fingerprint density at radius 2 is 2.00 bits per heavy atom. The minimum absolute atomic E-state index is 0.137. The number of hydrogen-bond donors (Lipinski definition) is 1. The standard InChI is InChI=1S/C15H12N4O/c20-15(19-8-7-17-11-19)2-1-14-9-13(10-18-14)12-3-5-16-6-4-12/h1-11,18H. The van der Waals surface area contributed by atoms with Crippen LogP contribution in [0.2, 0.25) is 0 Å². The van der Waals surface area contributed by atoms with Crippen molar-refractivity contribution >= 4 is 12.0 Å². The Kier molecular flexibility index (Phi) is 3.24. The Hall–Kier alpha value is -2.95. The number of nitrogens with zero attached hydrogens (tertiary/aromatic N) is 3. The predicted molar refractivity (Wildman–Crippen MR) is 75.9 cm³/mol. The molecule has 3 aromatic heterocycles. The summed E-state index contributed by atoms with van der Waals surface area (Å²) in [4.78, 5) is 22.7. The predicted octanol–water partition coefficient (Wildman–Crippen LogP) is 2.63. The highest BCUT2D eigenvalue weighted by Gasteiger charge is 2.01. The number of aromatic nitrogens is 4. The molecule has 0 bridgehead atoms. The first-order chi connectivity index (χ1) is 9.83. The van der Waals surface area contributed by atoms with Gasteiger partial charge in [-0.25, -0.2) is 4.98 Å². The second kappa shape index (κ2) is 5.36. The summed E-state index contributed by atoms with van der Waals surface area (Å²) in [5.74, 6) is -0.137. The Balaban J connectivity index is 1.76. The summed E-state index contributed by atoms with van der Waals surface area (Å²) in [7, 11) is 0. The molecule has 0 aliphatic rings. The lowest BCUT2D eigenvalue weighted by molar-refractivity contribution is 0.0969. The monoisotopic (exact) mass is 264 g/mol. The number of pyridine rings is 1. The average Bonchev–Trinajstić information content (AvgIpc) is 3.17. The smallest absolute Gasteiger partial charge is 0.255 e. The molecule has 98 valence electrons. The van der Waals surface area contributed by atoms with E-state index < -0.39 is 0 Å². The molecule has 0 spiro atoms. The zero-order valence-corrected chi connectivity index (χ0v) is 10.6. The molecule has 0 amide bonds. The van der Waals surface area contributed by atoms with E-state index in [-0.39, 0.29) is 5.91 Å². The van der Waals surface area contributed by atoms with Gasteiger partial charge in [-0.15, -0.1) is 0 Å². The van der Waals surface area contributed by atoms with Gasteiger partial charge in [0, 0.05) is 42.8 Å². The quantitative estimate of drug-likeness (QED) is 0.740. The third kappa shape index (κ3) is 2.56. The molecule has 0 fully saturated rings. The molecule has 3 rings (SSSR count). The zero-order chi connectivity index (χ0) is 13.8. The molecule has 0 aliphatic heterocycles. The molecule has 0 radical (unpaired) electrons. The number of nitrogens with one attached hydrogen (secondary N) is 1. The minimum atomic E-state index is -0.137. The molecule has 20 heavy (non-hydrogen) atoms. The molecule has 5 heteroatoms. The number of H-pyrrole nitrogens is 1. The van der Waals surface area contributed by atoms with Crippen LogP contribution in [0.4, 0.5) is 0 Å². The first-order valence-electron chi connectivity index (χ1n) is 6.12. The zero-order valence-electron chi connectivity index (χ0n) is 10.6. The summed E-state index contributed by atoms with van der Waals surface area (Å²) in [6, 6.07) is 5.85. The SMILES string of the molecule is O=C(C=Cc1cc(-c2ccncc2)c[nH]1)n1ccnc1. The molecule has 0 unspecified atom stereocenters. The molecule has 3 heterocycles. The van der Waals surface area contributed by atoms with Crippen LogP contribution in [0.5, 0.6) is 0 Å². The van der Waals surface area contributed by atoms with Gasteiger partial charge in [0.25, 0.3) is 5.91 Å². The molecular weight excluding hydrogens is 252 g/mol. The second-order valence-electron chi connectivity index (χ2n) is 4.22. The minimum Gasteiger partial charge on any atom is -0.361 e. The topological polar surface area (TPSA) is 63.6 Å². The summed E-state index contributed by atoms with van der Waals surface area (Å²) in [6.07, 6.45) is 13.3. The van der Waals surface area contributed by atoms with E-state index in [1.807, 2.05) is 24.4 Å².